The first kappa shape index (κ1) is 11.3. The monoisotopic (exact) mass is 221 g/mol. The van der Waals surface area contributed by atoms with Crippen molar-refractivity contribution < 1.29 is 0 Å². The summed E-state index contributed by atoms with van der Waals surface area (Å²) in [4.78, 5) is 13.4. The molecule has 1 aromatic rings. The highest BCUT2D eigenvalue weighted by Gasteiger charge is 2.17. The van der Waals surface area contributed by atoms with Crippen molar-refractivity contribution in [3.63, 3.8) is 0 Å². The van der Waals surface area contributed by atoms with Crippen molar-refractivity contribution in [1.29, 1.82) is 0 Å². The molecule has 0 bridgehead atoms. The Morgan fingerprint density at radius 3 is 2.69 bits per heavy atom. The second-order valence-electron chi connectivity index (χ2n) is 4.12. The molecule has 5 heteroatoms. The Labute approximate surface area is 96.3 Å². The summed E-state index contributed by atoms with van der Waals surface area (Å²) in [6, 6.07) is 1.92. The first-order chi connectivity index (χ1) is 7.79. The van der Waals surface area contributed by atoms with Crippen LogP contribution in [0.2, 0.25) is 0 Å². The highest BCUT2D eigenvalue weighted by Crippen LogP contribution is 2.10. The predicted octanol–water partition coefficient (Wildman–Crippen LogP) is -0.134. The van der Waals surface area contributed by atoms with Gasteiger partial charge in [0.1, 0.15) is 0 Å². The van der Waals surface area contributed by atoms with Crippen molar-refractivity contribution in [3.05, 3.63) is 18.0 Å². The molecule has 0 radical (unpaired) electrons. The first-order valence-electron chi connectivity index (χ1n) is 5.76. The van der Waals surface area contributed by atoms with Gasteiger partial charge in [-0.3, -0.25) is 4.90 Å². The van der Waals surface area contributed by atoms with Gasteiger partial charge in [0.25, 0.3) is 0 Å². The molecule has 1 aliphatic rings. The standard InChI is InChI=1S/C11H19N5/c1-10-2-4-13-11(14-10)16-8-6-15(5-3-12)7-9-16/h2,4H,3,5-9,12H2,1H3. The van der Waals surface area contributed by atoms with Crippen molar-refractivity contribution in [3.8, 4) is 0 Å². The number of aromatic nitrogens is 2. The predicted molar refractivity (Wildman–Crippen MR) is 64.5 cm³/mol. The van der Waals surface area contributed by atoms with Gasteiger partial charge in [0, 0.05) is 51.2 Å². The zero-order valence-corrected chi connectivity index (χ0v) is 9.76. The lowest BCUT2D eigenvalue weighted by molar-refractivity contribution is 0.263. The maximum absolute atomic E-state index is 5.55. The van der Waals surface area contributed by atoms with Crippen LogP contribution in [-0.2, 0) is 0 Å². The summed E-state index contributed by atoms with van der Waals surface area (Å²) in [5.74, 6) is 0.854. The number of nitrogens with two attached hydrogens (primary N) is 1. The second-order valence-corrected chi connectivity index (χ2v) is 4.12. The smallest absolute Gasteiger partial charge is 0.225 e. The van der Waals surface area contributed by atoms with Crippen molar-refractivity contribution >= 4 is 5.95 Å². The molecule has 0 aromatic carbocycles. The molecule has 0 atom stereocenters. The molecular weight excluding hydrogens is 202 g/mol. The molecule has 0 amide bonds. The Balaban J connectivity index is 1.94. The van der Waals surface area contributed by atoms with E-state index in [1.54, 1.807) is 0 Å². The lowest BCUT2D eigenvalue weighted by Crippen LogP contribution is -2.48. The van der Waals surface area contributed by atoms with Crippen molar-refractivity contribution in [2.24, 2.45) is 5.73 Å². The average molecular weight is 221 g/mol. The number of hydrogen-bond acceptors (Lipinski definition) is 5. The Morgan fingerprint density at radius 1 is 1.31 bits per heavy atom. The number of aryl methyl sites for hydroxylation is 1. The molecule has 5 nitrogen and oxygen atoms in total. The third-order valence-electron chi connectivity index (χ3n) is 2.88. The molecule has 0 spiro atoms. The van der Waals surface area contributed by atoms with Gasteiger partial charge < -0.3 is 10.6 Å². The Morgan fingerprint density at radius 2 is 2.06 bits per heavy atom. The van der Waals surface area contributed by atoms with Crippen molar-refractivity contribution in [2.45, 2.75) is 6.92 Å². The summed E-state index contributed by atoms with van der Waals surface area (Å²) < 4.78 is 0. The molecule has 1 aliphatic heterocycles. The van der Waals surface area contributed by atoms with Crippen LogP contribution in [0, 0.1) is 6.92 Å². The third kappa shape index (κ3) is 2.68. The Kier molecular flexibility index (Phi) is 3.69. The van der Waals surface area contributed by atoms with E-state index >= 15 is 0 Å². The van der Waals surface area contributed by atoms with Crippen LogP contribution in [0.3, 0.4) is 0 Å². The molecule has 0 unspecified atom stereocenters. The van der Waals surface area contributed by atoms with Crippen LogP contribution in [0.15, 0.2) is 12.3 Å². The minimum atomic E-state index is 0.737. The fraction of sp³-hybridized carbons (Fsp3) is 0.636. The summed E-state index contributed by atoms with van der Waals surface area (Å²) >= 11 is 0. The summed E-state index contributed by atoms with van der Waals surface area (Å²) in [5.41, 5.74) is 6.57. The van der Waals surface area contributed by atoms with Gasteiger partial charge in [-0.15, -0.1) is 0 Å². The summed E-state index contributed by atoms with van der Waals surface area (Å²) in [5, 5.41) is 0. The van der Waals surface area contributed by atoms with Gasteiger partial charge in [-0.1, -0.05) is 0 Å². The number of rotatable bonds is 3. The minimum absolute atomic E-state index is 0.737. The normalized spacial score (nSPS) is 17.8. The van der Waals surface area contributed by atoms with Crippen LogP contribution in [-0.4, -0.2) is 54.1 Å². The molecule has 0 aliphatic carbocycles. The lowest BCUT2D eigenvalue weighted by atomic mass is 10.3. The zero-order chi connectivity index (χ0) is 11.4. The molecule has 2 rings (SSSR count). The Hall–Kier alpha value is -1.20. The summed E-state index contributed by atoms with van der Waals surface area (Å²) in [6.07, 6.45) is 1.82. The Bertz CT molecular complexity index is 333. The van der Waals surface area contributed by atoms with Crippen LogP contribution >= 0.6 is 0 Å². The van der Waals surface area contributed by atoms with E-state index in [1.165, 1.54) is 0 Å². The fourth-order valence-electron chi connectivity index (χ4n) is 1.94. The van der Waals surface area contributed by atoms with Gasteiger partial charge >= 0.3 is 0 Å². The maximum atomic E-state index is 5.55. The van der Waals surface area contributed by atoms with E-state index in [-0.39, 0.29) is 0 Å². The van der Waals surface area contributed by atoms with Crippen LogP contribution in [0.5, 0.6) is 0 Å². The topological polar surface area (TPSA) is 58.3 Å². The molecule has 1 saturated heterocycles. The van der Waals surface area contributed by atoms with E-state index < -0.39 is 0 Å². The van der Waals surface area contributed by atoms with E-state index in [2.05, 4.69) is 19.8 Å². The van der Waals surface area contributed by atoms with E-state index in [0.29, 0.717) is 0 Å². The summed E-state index contributed by atoms with van der Waals surface area (Å²) in [6.45, 7) is 7.80. The van der Waals surface area contributed by atoms with Crippen LogP contribution < -0.4 is 10.6 Å². The molecule has 88 valence electrons. The molecule has 1 aromatic heterocycles. The minimum Gasteiger partial charge on any atom is -0.338 e. The molecule has 2 heterocycles. The van der Waals surface area contributed by atoms with E-state index in [1.807, 2.05) is 19.2 Å². The molecular formula is C11H19N5. The zero-order valence-electron chi connectivity index (χ0n) is 9.76. The number of piperazine rings is 1. The van der Waals surface area contributed by atoms with Crippen molar-refractivity contribution in [1.82, 2.24) is 14.9 Å². The number of hydrogen-bond donors (Lipinski definition) is 1. The SMILES string of the molecule is Cc1ccnc(N2CCN(CCN)CC2)n1. The van der Waals surface area contributed by atoms with Crippen LogP contribution in [0.4, 0.5) is 5.95 Å². The van der Waals surface area contributed by atoms with E-state index in [4.69, 9.17) is 5.73 Å². The largest absolute Gasteiger partial charge is 0.338 e. The third-order valence-corrected chi connectivity index (χ3v) is 2.88. The van der Waals surface area contributed by atoms with Gasteiger partial charge in [0.05, 0.1) is 0 Å². The number of anilines is 1. The lowest BCUT2D eigenvalue weighted by Gasteiger charge is -2.34. The number of nitrogens with zero attached hydrogens (tertiary/aromatic N) is 4. The van der Waals surface area contributed by atoms with Crippen LogP contribution in [0.25, 0.3) is 0 Å². The quantitative estimate of drug-likeness (QED) is 0.770. The van der Waals surface area contributed by atoms with Crippen LogP contribution in [0.1, 0.15) is 5.69 Å². The maximum Gasteiger partial charge on any atom is 0.225 e. The van der Waals surface area contributed by atoms with Gasteiger partial charge in [-0.25, -0.2) is 9.97 Å². The molecule has 1 fully saturated rings. The highest BCUT2D eigenvalue weighted by atomic mass is 15.3. The molecule has 16 heavy (non-hydrogen) atoms. The van der Waals surface area contributed by atoms with Crippen molar-refractivity contribution in [2.75, 3.05) is 44.2 Å². The summed E-state index contributed by atoms with van der Waals surface area (Å²) in [7, 11) is 0. The van der Waals surface area contributed by atoms with Gasteiger partial charge in [0.2, 0.25) is 5.95 Å². The highest BCUT2D eigenvalue weighted by molar-refractivity contribution is 5.30. The van der Waals surface area contributed by atoms with Gasteiger partial charge in [-0.05, 0) is 13.0 Å². The average Bonchev–Trinajstić information content (AvgIpc) is 2.30. The second kappa shape index (κ2) is 5.23. The van der Waals surface area contributed by atoms with Gasteiger partial charge in [-0.2, -0.15) is 0 Å². The van der Waals surface area contributed by atoms with Gasteiger partial charge in [0.15, 0.2) is 0 Å². The molecule has 2 N–H and O–H groups in total. The fourth-order valence-corrected chi connectivity index (χ4v) is 1.94. The first-order valence-corrected chi connectivity index (χ1v) is 5.76. The van der Waals surface area contributed by atoms with E-state index in [9.17, 15) is 0 Å². The molecule has 0 saturated carbocycles. The van der Waals surface area contributed by atoms with E-state index in [0.717, 1.165) is 50.9 Å².